The van der Waals surface area contributed by atoms with Gasteiger partial charge in [-0.1, -0.05) is 56.2 Å². The monoisotopic (exact) mass is 366 g/mol. The summed E-state index contributed by atoms with van der Waals surface area (Å²) in [5, 5.41) is 0. The number of fused-ring (bicyclic) bond motifs is 8. The molecule has 28 heavy (non-hydrogen) atoms. The molecule has 3 aliphatic rings. The molecule has 3 atom stereocenters. The van der Waals surface area contributed by atoms with Crippen molar-refractivity contribution in [2.24, 2.45) is 13.0 Å². The second kappa shape index (κ2) is 5.56. The van der Waals surface area contributed by atoms with Gasteiger partial charge in [0.1, 0.15) is 7.05 Å². The predicted octanol–water partition coefficient (Wildman–Crippen LogP) is 6.06. The maximum absolute atomic E-state index is 2.56. The molecule has 3 unspecified atom stereocenters. The first kappa shape index (κ1) is 16.5. The van der Waals surface area contributed by atoms with Gasteiger partial charge in [0, 0.05) is 17.0 Å². The average molecular weight is 367 g/mol. The van der Waals surface area contributed by atoms with Crippen LogP contribution in [0, 0.1) is 12.8 Å². The molecule has 3 aromatic rings. The minimum absolute atomic E-state index is 0.102. The van der Waals surface area contributed by atoms with Crippen molar-refractivity contribution < 1.29 is 4.57 Å². The van der Waals surface area contributed by atoms with Crippen LogP contribution in [0.25, 0.3) is 22.4 Å². The van der Waals surface area contributed by atoms with Crippen molar-refractivity contribution in [3.05, 3.63) is 77.0 Å². The minimum atomic E-state index is 0.102. The highest BCUT2D eigenvalue weighted by Crippen LogP contribution is 2.63. The lowest BCUT2D eigenvalue weighted by Crippen LogP contribution is -2.37. The molecule has 1 aromatic heterocycles. The van der Waals surface area contributed by atoms with Crippen LogP contribution < -0.4 is 4.57 Å². The first-order chi connectivity index (χ1) is 13.6. The van der Waals surface area contributed by atoms with Crippen LogP contribution in [-0.4, -0.2) is 0 Å². The van der Waals surface area contributed by atoms with Gasteiger partial charge >= 0.3 is 0 Å². The van der Waals surface area contributed by atoms with Crippen LogP contribution in [-0.2, 0) is 12.5 Å². The van der Waals surface area contributed by atoms with Crippen LogP contribution in [0.4, 0.5) is 0 Å². The zero-order chi connectivity index (χ0) is 19.0. The van der Waals surface area contributed by atoms with Crippen molar-refractivity contribution in [1.29, 1.82) is 0 Å². The number of aryl methyl sites for hydroxylation is 2. The number of aromatic nitrogens is 1. The Morgan fingerprint density at radius 1 is 0.929 bits per heavy atom. The van der Waals surface area contributed by atoms with E-state index in [0.717, 1.165) is 0 Å². The van der Waals surface area contributed by atoms with E-state index in [9.17, 15) is 0 Å². The number of benzene rings is 2. The normalized spacial score (nSPS) is 26.7. The minimum Gasteiger partial charge on any atom is -0.201 e. The van der Waals surface area contributed by atoms with E-state index in [0.29, 0.717) is 11.8 Å². The van der Waals surface area contributed by atoms with Crippen LogP contribution in [0.2, 0.25) is 0 Å². The molecule has 1 heterocycles. The Bertz CT molecular complexity index is 1130. The second-order valence-corrected chi connectivity index (χ2v) is 9.35. The van der Waals surface area contributed by atoms with Crippen LogP contribution in [0.5, 0.6) is 0 Å². The largest absolute Gasteiger partial charge is 0.216 e. The lowest BCUT2D eigenvalue weighted by Gasteiger charge is -2.42. The summed E-state index contributed by atoms with van der Waals surface area (Å²) in [5.74, 6) is 1.32. The smallest absolute Gasteiger partial charge is 0.201 e. The summed E-state index contributed by atoms with van der Waals surface area (Å²) in [6.07, 6.45) is 7.62. The van der Waals surface area contributed by atoms with Crippen molar-refractivity contribution in [2.45, 2.75) is 50.9 Å². The third-order valence-electron chi connectivity index (χ3n) is 8.07. The Morgan fingerprint density at radius 2 is 1.75 bits per heavy atom. The molecule has 0 amide bonds. The summed E-state index contributed by atoms with van der Waals surface area (Å²) < 4.78 is 2.39. The van der Waals surface area contributed by atoms with Gasteiger partial charge in [-0.2, -0.15) is 0 Å². The van der Waals surface area contributed by atoms with E-state index < -0.39 is 0 Å². The van der Waals surface area contributed by atoms with Gasteiger partial charge in [0.15, 0.2) is 6.20 Å². The highest BCUT2D eigenvalue weighted by molar-refractivity contribution is 5.90. The average Bonchev–Trinajstić information content (AvgIpc) is 2.92. The van der Waals surface area contributed by atoms with E-state index in [1.54, 1.807) is 16.7 Å². The lowest BCUT2D eigenvalue weighted by molar-refractivity contribution is -0.660. The molecule has 2 aromatic carbocycles. The fourth-order valence-electron chi connectivity index (χ4n) is 6.91. The van der Waals surface area contributed by atoms with Crippen molar-refractivity contribution in [2.75, 3.05) is 0 Å². The zero-order valence-electron chi connectivity index (χ0n) is 17.1. The molecule has 0 radical (unpaired) electrons. The highest BCUT2D eigenvalue weighted by atomic mass is 14.9. The van der Waals surface area contributed by atoms with E-state index in [1.807, 2.05) is 0 Å². The number of pyridine rings is 1. The van der Waals surface area contributed by atoms with Crippen LogP contribution in [0.3, 0.4) is 0 Å². The highest BCUT2D eigenvalue weighted by Gasteiger charge is 2.53. The number of nitrogens with zero attached hydrogens (tertiary/aromatic N) is 1. The van der Waals surface area contributed by atoms with Crippen molar-refractivity contribution in [3.63, 3.8) is 0 Å². The number of hydrogen-bond donors (Lipinski definition) is 0. The Morgan fingerprint density at radius 3 is 2.64 bits per heavy atom. The molecule has 1 nitrogen and oxygen atoms in total. The lowest BCUT2D eigenvalue weighted by atomic mass is 9.60. The van der Waals surface area contributed by atoms with E-state index >= 15 is 0 Å². The summed E-state index contributed by atoms with van der Waals surface area (Å²) in [7, 11) is 2.24. The van der Waals surface area contributed by atoms with Gasteiger partial charge in [0.05, 0.1) is 5.56 Å². The van der Waals surface area contributed by atoms with E-state index in [4.69, 9.17) is 0 Å². The molecule has 0 N–H and O–H groups in total. The summed E-state index contributed by atoms with van der Waals surface area (Å²) in [6.45, 7) is 4.88. The molecule has 1 fully saturated rings. The first-order valence-corrected chi connectivity index (χ1v) is 10.8. The summed E-state index contributed by atoms with van der Waals surface area (Å²) in [5.41, 5.74) is 12.2. The van der Waals surface area contributed by atoms with Gasteiger partial charge < -0.3 is 0 Å². The summed E-state index contributed by atoms with van der Waals surface area (Å²) in [4.78, 5) is 0. The van der Waals surface area contributed by atoms with E-state index in [2.05, 4.69) is 80.2 Å². The molecule has 6 rings (SSSR count). The standard InChI is InChI=1S/C27H28N/c1-17-14-15-20-18-9-4-6-12-22(18)27(2)23-13-7-5-10-19(23)21-11-8-16-28(3)26(21)24(17)25(20)27/h4,6,8-9,11-12,14-16,19,23H,5,7,10,13H2,1-3H3/q+1. The maximum Gasteiger partial charge on any atom is 0.216 e. The molecular formula is C27H28N+. The zero-order valence-corrected chi connectivity index (χ0v) is 17.1. The van der Waals surface area contributed by atoms with Gasteiger partial charge in [-0.05, 0) is 65.5 Å². The predicted molar refractivity (Wildman–Crippen MR) is 114 cm³/mol. The molecule has 1 saturated carbocycles. The van der Waals surface area contributed by atoms with E-state index in [-0.39, 0.29) is 5.41 Å². The van der Waals surface area contributed by atoms with Gasteiger partial charge in [-0.3, -0.25) is 0 Å². The molecule has 0 saturated heterocycles. The molecule has 0 spiro atoms. The van der Waals surface area contributed by atoms with Gasteiger partial charge in [0.2, 0.25) is 5.69 Å². The Balaban J connectivity index is 1.83. The molecule has 3 aliphatic carbocycles. The Kier molecular flexibility index (Phi) is 3.29. The third kappa shape index (κ3) is 1.85. The van der Waals surface area contributed by atoms with Crippen molar-refractivity contribution >= 4 is 0 Å². The number of rotatable bonds is 0. The maximum atomic E-state index is 2.56. The fourth-order valence-corrected chi connectivity index (χ4v) is 6.91. The molecular weight excluding hydrogens is 338 g/mol. The van der Waals surface area contributed by atoms with Gasteiger partial charge in [0.25, 0.3) is 0 Å². The first-order valence-electron chi connectivity index (χ1n) is 10.8. The molecule has 140 valence electrons. The van der Waals surface area contributed by atoms with Crippen LogP contribution in [0.15, 0.2) is 54.7 Å². The van der Waals surface area contributed by atoms with Crippen LogP contribution >= 0.6 is 0 Å². The molecule has 0 bridgehead atoms. The molecule has 1 heteroatoms. The van der Waals surface area contributed by atoms with E-state index in [1.165, 1.54) is 53.6 Å². The fraction of sp³-hybridized carbons (Fsp3) is 0.370. The van der Waals surface area contributed by atoms with Crippen LogP contribution in [0.1, 0.15) is 60.8 Å². The summed E-state index contributed by atoms with van der Waals surface area (Å²) >= 11 is 0. The second-order valence-electron chi connectivity index (χ2n) is 9.35. The van der Waals surface area contributed by atoms with Crippen molar-refractivity contribution in [1.82, 2.24) is 0 Å². The van der Waals surface area contributed by atoms with Crippen molar-refractivity contribution in [3.8, 4) is 22.4 Å². The van der Waals surface area contributed by atoms with Gasteiger partial charge in [-0.15, -0.1) is 0 Å². The Labute approximate surface area is 168 Å². The quantitative estimate of drug-likeness (QED) is 0.426. The third-order valence-corrected chi connectivity index (χ3v) is 8.07. The molecule has 0 aliphatic heterocycles. The topological polar surface area (TPSA) is 3.88 Å². The van der Waals surface area contributed by atoms with Gasteiger partial charge in [-0.25, -0.2) is 4.57 Å². The Hall–Kier alpha value is -2.41. The number of hydrogen-bond acceptors (Lipinski definition) is 0. The summed E-state index contributed by atoms with van der Waals surface area (Å²) in [6, 6.07) is 18.6. The SMILES string of the molecule is Cc1ccc2c3c1-c1c(ccc[n+]1C)C1CCCCC1C3(C)c1ccccc1-2.